The molecule has 0 spiro atoms. The lowest BCUT2D eigenvalue weighted by molar-refractivity contribution is -0.385. The Balaban J connectivity index is 1.93. The van der Waals surface area contributed by atoms with Gasteiger partial charge in [0, 0.05) is 21.7 Å². The normalized spacial score (nSPS) is 11.5. The van der Waals surface area contributed by atoms with Crippen molar-refractivity contribution in [2.24, 2.45) is 5.10 Å². The molecule has 0 saturated heterocycles. The highest BCUT2D eigenvalue weighted by Crippen LogP contribution is 2.35. The number of fused-ring (bicyclic) bond motifs is 1. The number of methoxy groups -OCH3 is 1. The molecule has 0 unspecified atom stereocenters. The van der Waals surface area contributed by atoms with Crippen molar-refractivity contribution in [1.29, 1.82) is 0 Å². The number of hydrogen-bond acceptors (Lipinski definition) is 9. The van der Waals surface area contributed by atoms with E-state index < -0.39 is 28.7 Å². The van der Waals surface area contributed by atoms with Crippen LogP contribution in [0, 0.1) is 17.0 Å². The first kappa shape index (κ1) is 31.4. The molecule has 43 heavy (non-hydrogen) atoms. The van der Waals surface area contributed by atoms with Crippen LogP contribution in [0.5, 0.6) is 11.5 Å². The van der Waals surface area contributed by atoms with Crippen molar-refractivity contribution in [2.75, 3.05) is 13.7 Å². The summed E-state index contributed by atoms with van der Waals surface area (Å²) in [5.41, 5.74) is 2.19. The lowest BCUT2D eigenvalue weighted by Gasteiger charge is -2.17. The summed E-state index contributed by atoms with van der Waals surface area (Å²) in [6, 6.07) is 13.5. The Morgan fingerprint density at radius 2 is 1.88 bits per heavy atom. The molecule has 0 atom stereocenters. The smallest absolute Gasteiger partial charge is 0.344 e. The quantitative estimate of drug-likeness (QED) is 0.0834. The number of aryl methyl sites for hydroxylation is 1. The number of para-hydroxylation sites is 1. The first-order chi connectivity index (χ1) is 20.4. The van der Waals surface area contributed by atoms with Gasteiger partial charge in [-0.3, -0.25) is 14.9 Å². The van der Waals surface area contributed by atoms with Crippen molar-refractivity contribution >= 4 is 44.7 Å². The van der Waals surface area contributed by atoms with E-state index in [0.717, 1.165) is 15.8 Å². The van der Waals surface area contributed by atoms with Gasteiger partial charge in [0.05, 0.1) is 35.3 Å². The van der Waals surface area contributed by atoms with Crippen LogP contribution in [0.15, 0.2) is 62.9 Å². The summed E-state index contributed by atoms with van der Waals surface area (Å²) in [5, 5.41) is 16.7. The molecule has 4 aromatic rings. The zero-order valence-electron chi connectivity index (χ0n) is 24.6. The molecule has 11 nitrogen and oxygen atoms in total. The number of carbonyl (C=O) groups excluding carboxylic acids is 1. The van der Waals surface area contributed by atoms with E-state index in [9.17, 15) is 19.7 Å². The minimum atomic E-state index is -0.691. The van der Waals surface area contributed by atoms with Gasteiger partial charge >= 0.3 is 11.7 Å². The predicted octanol–water partition coefficient (Wildman–Crippen LogP) is 6.39. The molecule has 12 heteroatoms. The Morgan fingerprint density at radius 3 is 2.53 bits per heavy atom. The number of nitro groups is 1. The summed E-state index contributed by atoms with van der Waals surface area (Å²) in [4.78, 5) is 42.1. The highest BCUT2D eigenvalue weighted by molar-refractivity contribution is 9.10. The molecule has 0 N–H and O–H groups in total. The fourth-order valence-electron chi connectivity index (χ4n) is 4.51. The number of carbonyl (C=O) groups is 1. The summed E-state index contributed by atoms with van der Waals surface area (Å²) in [6.07, 6.45) is 0.880. The number of ether oxygens (including phenoxy) is 3. The zero-order chi connectivity index (χ0) is 31.4. The Bertz CT molecular complexity index is 1800. The van der Waals surface area contributed by atoms with Crippen molar-refractivity contribution in [3.8, 4) is 22.9 Å². The van der Waals surface area contributed by atoms with Gasteiger partial charge in [0.1, 0.15) is 5.75 Å². The number of rotatable bonds is 10. The molecule has 0 aliphatic rings. The first-order valence-corrected chi connectivity index (χ1v) is 14.3. The number of esters is 1. The van der Waals surface area contributed by atoms with E-state index in [4.69, 9.17) is 19.2 Å². The van der Waals surface area contributed by atoms with Gasteiger partial charge in [-0.1, -0.05) is 41.9 Å². The summed E-state index contributed by atoms with van der Waals surface area (Å²) < 4.78 is 17.8. The van der Waals surface area contributed by atoms with Crippen molar-refractivity contribution in [3.05, 3.63) is 90.2 Å². The van der Waals surface area contributed by atoms with Gasteiger partial charge in [-0.15, -0.1) is 0 Å². The number of hydrogen-bond donors (Lipinski definition) is 0. The van der Waals surface area contributed by atoms with Crippen molar-refractivity contribution in [2.45, 2.75) is 46.6 Å². The Labute approximate surface area is 256 Å². The van der Waals surface area contributed by atoms with Gasteiger partial charge in [0.15, 0.2) is 12.4 Å². The van der Waals surface area contributed by atoms with Crippen LogP contribution in [-0.4, -0.2) is 46.6 Å². The van der Waals surface area contributed by atoms with Crippen molar-refractivity contribution in [3.63, 3.8) is 0 Å². The molecular formula is C31H31BrN4O7. The topological polar surface area (TPSA) is 135 Å². The highest BCUT2D eigenvalue weighted by atomic mass is 79.9. The second kappa shape index (κ2) is 13.2. The molecule has 0 radical (unpaired) electrons. The summed E-state index contributed by atoms with van der Waals surface area (Å²) >= 11 is 3.29. The first-order valence-electron chi connectivity index (χ1n) is 13.5. The van der Waals surface area contributed by atoms with Crippen molar-refractivity contribution in [1.82, 2.24) is 9.66 Å². The van der Waals surface area contributed by atoms with Crippen LogP contribution in [-0.2, 0) is 9.53 Å². The summed E-state index contributed by atoms with van der Waals surface area (Å²) in [7, 11) is 1.61. The monoisotopic (exact) mass is 650 g/mol. The van der Waals surface area contributed by atoms with E-state index in [1.165, 1.54) is 18.3 Å². The molecule has 0 bridgehead atoms. The van der Waals surface area contributed by atoms with E-state index in [1.54, 1.807) is 45.2 Å². The zero-order valence-corrected chi connectivity index (χ0v) is 26.2. The molecule has 0 saturated carbocycles. The van der Waals surface area contributed by atoms with Crippen LogP contribution in [0.3, 0.4) is 0 Å². The molecule has 3 aromatic carbocycles. The van der Waals surface area contributed by atoms with Gasteiger partial charge in [0.2, 0.25) is 5.75 Å². The number of benzene rings is 3. The van der Waals surface area contributed by atoms with E-state index in [2.05, 4.69) is 21.0 Å². The summed E-state index contributed by atoms with van der Waals surface area (Å²) in [6.45, 7) is 8.76. The van der Waals surface area contributed by atoms with Crippen LogP contribution in [0.25, 0.3) is 22.3 Å². The lowest BCUT2D eigenvalue weighted by atomic mass is 9.96. The second-order valence-corrected chi connectivity index (χ2v) is 11.2. The van der Waals surface area contributed by atoms with E-state index in [0.29, 0.717) is 26.7 Å². The van der Waals surface area contributed by atoms with Gasteiger partial charge in [0.25, 0.3) is 5.56 Å². The van der Waals surface area contributed by atoms with E-state index in [1.807, 2.05) is 32.9 Å². The molecule has 1 aromatic heterocycles. The molecular weight excluding hydrogens is 620 g/mol. The maximum absolute atomic E-state index is 13.8. The summed E-state index contributed by atoms with van der Waals surface area (Å²) in [5.74, 6) is 0.206. The largest absolute Gasteiger partial charge is 0.496 e. The average Bonchev–Trinajstić information content (AvgIpc) is 2.95. The van der Waals surface area contributed by atoms with Crippen molar-refractivity contribution < 1.29 is 23.9 Å². The maximum atomic E-state index is 13.8. The molecule has 224 valence electrons. The third-order valence-electron chi connectivity index (χ3n) is 6.47. The Kier molecular flexibility index (Phi) is 9.59. The Morgan fingerprint density at radius 1 is 1.16 bits per heavy atom. The molecule has 4 rings (SSSR count). The van der Waals surface area contributed by atoms with Crippen LogP contribution in [0.2, 0.25) is 0 Å². The predicted molar refractivity (Wildman–Crippen MR) is 167 cm³/mol. The van der Waals surface area contributed by atoms with E-state index in [-0.39, 0.29) is 29.2 Å². The molecule has 1 heterocycles. The van der Waals surface area contributed by atoms with Gasteiger partial charge in [-0.2, -0.15) is 9.78 Å². The number of nitro benzene ring substituents is 1. The number of aromatic nitrogens is 2. The number of halogens is 1. The van der Waals surface area contributed by atoms with Crippen LogP contribution in [0.4, 0.5) is 5.69 Å². The Hall–Kier alpha value is -4.58. The van der Waals surface area contributed by atoms with Gasteiger partial charge in [-0.25, -0.2) is 9.78 Å². The average molecular weight is 652 g/mol. The second-order valence-electron chi connectivity index (χ2n) is 10.3. The third-order valence-corrected chi connectivity index (χ3v) is 6.92. The van der Waals surface area contributed by atoms with E-state index >= 15 is 0 Å². The highest BCUT2D eigenvalue weighted by Gasteiger charge is 2.23. The van der Waals surface area contributed by atoms with Crippen LogP contribution >= 0.6 is 15.9 Å². The van der Waals surface area contributed by atoms with Crippen LogP contribution in [0.1, 0.15) is 50.3 Å². The van der Waals surface area contributed by atoms with Gasteiger partial charge < -0.3 is 14.2 Å². The molecule has 0 fully saturated rings. The van der Waals surface area contributed by atoms with Gasteiger partial charge in [-0.05, 0) is 68.1 Å². The standard InChI is InChI=1S/C31H31BrN4O7/c1-17(2)23-14-24(19(5)11-27(23)41-6)30-34-25-10-8-7-9-22(25)31(38)35(30)33-15-20-12-21(32)13-26(36(39)40)29(20)42-16-28(37)43-18(3)4/h7-15,17-18H,16H2,1-6H3. The maximum Gasteiger partial charge on any atom is 0.344 e. The fraction of sp³-hybridized carbons (Fsp3) is 0.290. The molecule has 0 aliphatic heterocycles. The molecule has 0 aliphatic carbocycles. The minimum absolute atomic E-state index is 0.114. The number of nitrogens with zero attached hydrogens (tertiary/aromatic N) is 4. The lowest BCUT2D eigenvalue weighted by Crippen LogP contribution is -2.21. The van der Waals surface area contributed by atoms with Crippen LogP contribution < -0.4 is 15.0 Å². The minimum Gasteiger partial charge on any atom is -0.496 e. The fourth-order valence-corrected chi connectivity index (χ4v) is 4.97. The third kappa shape index (κ3) is 6.91. The SMILES string of the molecule is COc1cc(C)c(-c2nc3ccccc3c(=O)n2N=Cc2cc(Br)cc([N+](=O)[O-])c2OCC(=O)OC(C)C)cc1C(C)C. The molecule has 0 amide bonds.